The van der Waals surface area contributed by atoms with E-state index in [9.17, 15) is 22.4 Å². The standard InChI is InChI=1S/C31H29FIN3O4S/c1-34-31(38)29(20-23-8-4-2-5-9-23)35(21-24-12-14-25(32)15-13-24)30(37)22-36(27-18-16-26(33)17-19-27)41(39,40)28-10-6-3-7-11-28/h2-19,29H,20-22H2,1H3,(H,34,38)/t29-/m1/s1. The molecular weight excluding hydrogens is 656 g/mol. The monoisotopic (exact) mass is 685 g/mol. The van der Waals surface area contributed by atoms with E-state index in [2.05, 4.69) is 27.9 Å². The van der Waals surface area contributed by atoms with Crippen LogP contribution in [0.2, 0.25) is 0 Å². The number of rotatable bonds is 11. The topological polar surface area (TPSA) is 86.8 Å². The Morgan fingerprint density at radius 3 is 2.00 bits per heavy atom. The molecular formula is C31H29FIN3O4S. The molecule has 4 aromatic rings. The van der Waals surface area contributed by atoms with E-state index in [0.29, 0.717) is 11.3 Å². The maximum absolute atomic E-state index is 14.2. The summed E-state index contributed by atoms with van der Waals surface area (Å²) in [5.41, 5.74) is 1.72. The van der Waals surface area contributed by atoms with Gasteiger partial charge in [0.25, 0.3) is 10.0 Å². The molecule has 0 heterocycles. The average molecular weight is 686 g/mol. The van der Waals surface area contributed by atoms with Gasteiger partial charge >= 0.3 is 0 Å². The van der Waals surface area contributed by atoms with Gasteiger partial charge in [0, 0.05) is 23.6 Å². The van der Waals surface area contributed by atoms with E-state index in [1.54, 1.807) is 42.5 Å². The van der Waals surface area contributed by atoms with E-state index in [0.717, 1.165) is 13.4 Å². The number of benzene rings is 4. The van der Waals surface area contributed by atoms with Crippen LogP contribution in [0.15, 0.2) is 114 Å². The lowest BCUT2D eigenvalue weighted by atomic mass is 10.0. The minimum absolute atomic E-state index is 0.0311. The number of halogens is 2. The average Bonchev–Trinajstić information content (AvgIpc) is 2.99. The second-order valence-corrected chi connectivity index (χ2v) is 12.4. The van der Waals surface area contributed by atoms with Gasteiger partial charge in [-0.3, -0.25) is 13.9 Å². The molecule has 0 fully saturated rings. The minimum atomic E-state index is -4.15. The van der Waals surface area contributed by atoms with Gasteiger partial charge in [0.2, 0.25) is 11.8 Å². The second kappa shape index (κ2) is 13.7. The van der Waals surface area contributed by atoms with E-state index in [4.69, 9.17) is 0 Å². The van der Waals surface area contributed by atoms with Gasteiger partial charge in [-0.15, -0.1) is 0 Å². The van der Waals surface area contributed by atoms with Crippen LogP contribution in [0.1, 0.15) is 11.1 Å². The molecule has 212 valence electrons. The molecule has 0 radical (unpaired) electrons. The molecule has 10 heteroatoms. The van der Waals surface area contributed by atoms with Crippen LogP contribution in [-0.4, -0.2) is 44.8 Å². The summed E-state index contributed by atoms with van der Waals surface area (Å²) in [5, 5.41) is 2.64. The predicted molar refractivity (Wildman–Crippen MR) is 165 cm³/mol. The summed E-state index contributed by atoms with van der Waals surface area (Å²) in [7, 11) is -2.67. The minimum Gasteiger partial charge on any atom is -0.357 e. The van der Waals surface area contributed by atoms with Crippen molar-refractivity contribution in [1.29, 1.82) is 0 Å². The zero-order valence-corrected chi connectivity index (χ0v) is 25.3. The SMILES string of the molecule is CNC(=O)[C@@H](Cc1ccccc1)N(Cc1ccc(F)cc1)C(=O)CN(c1ccc(I)cc1)S(=O)(=O)c1ccccc1. The number of likely N-dealkylation sites (N-methyl/N-ethyl adjacent to an activating group) is 1. The van der Waals surface area contributed by atoms with E-state index < -0.39 is 40.2 Å². The maximum Gasteiger partial charge on any atom is 0.264 e. The number of hydrogen-bond acceptors (Lipinski definition) is 4. The fourth-order valence-electron chi connectivity index (χ4n) is 4.36. The molecule has 0 spiro atoms. The van der Waals surface area contributed by atoms with Gasteiger partial charge in [-0.2, -0.15) is 0 Å². The molecule has 41 heavy (non-hydrogen) atoms. The lowest BCUT2D eigenvalue weighted by molar-refractivity contribution is -0.139. The zero-order valence-electron chi connectivity index (χ0n) is 22.3. The van der Waals surface area contributed by atoms with Crippen molar-refractivity contribution in [2.75, 3.05) is 17.9 Å². The molecule has 7 nitrogen and oxygen atoms in total. The Kier molecular flexibility index (Phi) is 10.1. The molecule has 0 saturated carbocycles. The molecule has 0 aliphatic carbocycles. The van der Waals surface area contributed by atoms with Crippen molar-refractivity contribution >= 4 is 50.1 Å². The molecule has 1 atom stereocenters. The number of anilines is 1. The summed E-state index contributed by atoms with van der Waals surface area (Å²) < 4.78 is 43.3. The van der Waals surface area contributed by atoms with E-state index in [1.807, 2.05) is 30.3 Å². The molecule has 4 aromatic carbocycles. The van der Waals surface area contributed by atoms with Crippen molar-refractivity contribution in [3.63, 3.8) is 0 Å². The van der Waals surface area contributed by atoms with Gasteiger partial charge in [-0.05, 0) is 82.2 Å². The Morgan fingerprint density at radius 1 is 0.829 bits per heavy atom. The molecule has 2 amide bonds. The second-order valence-electron chi connectivity index (χ2n) is 9.27. The number of carbonyl (C=O) groups excluding carboxylic acids is 2. The normalized spacial score (nSPS) is 11.9. The zero-order chi connectivity index (χ0) is 29.4. The van der Waals surface area contributed by atoms with Crippen molar-refractivity contribution in [3.05, 3.63) is 130 Å². The highest BCUT2D eigenvalue weighted by molar-refractivity contribution is 14.1. The maximum atomic E-state index is 14.2. The molecule has 4 rings (SSSR count). The number of hydrogen-bond donors (Lipinski definition) is 1. The van der Waals surface area contributed by atoms with Crippen molar-refractivity contribution in [1.82, 2.24) is 10.2 Å². The van der Waals surface area contributed by atoms with Crippen LogP contribution in [0.4, 0.5) is 10.1 Å². The highest BCUT2D eigenvalue weighted by atomic mass is 127. The highest BCUT2D eigenvalue weighted by Crippen LogP contribution is 2.26. The first-order chi connectivity index (χ1) is 19.7. The lowest BCUT2D eigenvalue weighted by Gasteiger charge is -2.33. The fraction of sp³-hybridized carbons (Fsp3) is 0.161. The summed E-state index contributed by atoms with van der Waals surface area (Å²) in [6.07, 6.45) is 0.197. The van der Waals surface area contributed by atoms with Gasteiger partial charge in [0.15, 0.2) is 0 Å². The van der Waals surface area contributed by atoms with Gasteiger partial charge in [0.1, 0.15) is 18.4 Å². The Bertz CT molecular complexity index is 1570. The first kappa shape index (κ1) is 30.2. The molecule has 1 N–H and O–H groups in total. The van der Waals surface area contributed by atoms with Crippen molar-refractivity contribution in [2.45, 2.75) is 23.9 Å². The summed E-state index contributed by atoms with van der Waals surface area (Å²) >= 11 is 2.12. The Balaban J connectivity index is 1.77. The Hall–Kier alpha value is -3.77. The quantitative estimate of drug-likeness (QED) is 0.225. The third kappa shape index (κ3) is 7.70. The van der Waals surface area contributed by atoms with Crippen LogP contribution in [-0.2, 0) is 32.6 Å². The Labute approximate surface area is 253 Å². The molecule has 0 saturated heterocycles. The predicted octanol–water partition coefficient (Wildman–Crippen LogP) is 5.01. The number of nitrogens with one attached hydrogen (secondary N) is 1. The van der Waals surface area contributed by atoms with Crippen molar-refractivity contribution in [2.24, 2.45) is 0 Å². The van der Waals surface area contributed by atoms with Crippen LogP contribution >= 0.6 is 22.6 Å². The molecule has 0 aliphatic heterocycles. The first-order valence-electron chi connectivity index (χ1n) is 12.8. The van der Waals surface area contributed by atoms with Crippen LogP contribution < -0.4 is 9.62 Å². The highest BCUT2D eigenvalue weighted by Gasteiger charge is 2.34. The smallest absolute Gasteiger partial charge is 0.264 e. The number of carbonyl (C=O) groups is 2. The van der Waals surface area contributed by atoms with Gasteiger partial charge in [-0.25, -0.2) is 12.8 Å². The van der Waals surface area contributed by atoms with Crippen LogP contribution in [0.3, 0.4) is 0 Å². The Morgan fingerprint density at radius 2 is 1.41 bits per heavy atom. The lowest BCUT2D eigenvalue weighted by Crippen LogP contribution is -2.53. The molecule has 0 aliphatic rings. The molecule has 0 unspecified atom stereocenters. The van der Waals surface area contributed by atoms with E-state index >= 15 is 0 Å². The van der Waals surface area contributed by atoms with Crippen LogP contribution in [0, 0.1) is 9.39 Å². The third-order valence-corrected chi connectivity index (χ3v) is 9.02. The largest absolute Gasteiger partial charge is 0.357 e. The molecule has 0 bridgehead atoms. The summed E-state index contributed by atoms with van der Waals surface area (Å²) in [6.45, 7) is -0.586. The number of sulfonamides is 1. The summed E-state index contributed by atoms with van der Waals surface area (Å²) in [5.74, 6) is -1.43. The first-order valence-corrected chi connectivity index (χ1v) is 15.3. The molecule has 0 aromatic heterocycles. The number of amides is 2. The van der Waals surface area contributed by atoms with Crippen molar-refractivity contribution < 1.29 is 22.4 Å². The van der Waals surface area contributed by atoms with Crippen LogP contribution in [0.25, 0.3) is 0 Å². The van der Waals surface area contributed by atoms with Gasteiger partial charge < -0.3 is 10.2 Å². The van der Waals surface area contributed by atoms with Crippen LogP contribution in [0.5, 0.6) is 0 Å². The summed E-state index contributed by atoms with van der Waals surface area (Å²) in [4.78, 5) is 28.8. The number of nitrogens with zero attached hydrogens (tertiary/aromatic N) is 2. The third-order valence-electron chi connectivity index (χ3n) is 6.51. The summed E-state index contributed by atoms with van der Waals surface area (Å²) in [6, 6.07) is 28.6. The van der Waals surface area contributed by atoms with Gasteiger partial charge in [-0.1, -0.05) is 60.7 Å². The van der Waals surface area contributed by atoms with E-state index in [-0.39, 0.29) is 17.9 Å². The van der Waals surface area contributed by atoms with Gasteiger partial charge in [0.05, 0.1) is 10.6 Å². The van der Waals surface area contributed by atoms with Crippen molar-refractivity contribution in [3.8, 4) is 0 Å². The van der Waals surface area contributed by atoms with E-state index in [1.165, 1.54) is 48.3 Å². The fourth-order valence-corrected chi connectivity index (χ4v) is 6.16.